The Bertz CT molecular complexity index is 630. The standard InChI is InChI=1S/C18H27N3O2S/c1-11(16-12(2)24-13(3)19-16)20(4)17(22)15-7-9-21(10-8-15)18(23)14-5-6-14/h11,14-15H,5-10H2,1-4H3/t11-/m0/s1. The molecule has 132 valence electrons. The van der Waals surface area contributed by atoms with E-state index in [1.54, 1.807) is 11.3 Å². The number of hydrogen-bond acceptors (Lipinski definition) is 4. The summed E-state index contributed by atoms with van der Waals surface area (Å²) >= 11 is 1.68. The smallest absolute Gasteiger partial charge is 0.226 e. The van der Waals surface area contributed by atoms with Crippen molar-refractivity contribution in [3.8, 4) is 0 Å². The molecule has 2 fully saturated rings. The number of aromatic nitrogens is 1. The van der Waals surface area contributed by atoms with Gasteiger partial charge in [0.25, 0.3) is 0 Å². The van der Waals surface area contributed by atoms with Gasteiger partial charge in [-0.1, -0.05) is 0 Å². The zero-order valence-electron chi connectivity index (χ0n) is 15.0. The van der Waals surface area contributed by atoms with Gasteiger partial charge >= 0.3 is 0 Å². The number of carbonyl (C=O) groups is 2. The zero-order valence-corrected chi connectivity index (χ0v) is 15.9. The minimum absolute atomic E-state index is 0.00595. The van der Waals surface area contributed by atoms with Gasteiger partial charge in [0.05, 0.1) is 16.7 Å². The third-order valence-electron chi connectivity index (χ3n) is 5.35. The van der Waals surface area contributed by atoms with Gasteiger partial charge in [-0.15, -0.1) is 11.3 Å². The lowest BCUT2D eigenvalue weighted by atomic mass is 9.94. The van der Waals surface area contributed by atoms with Gasteiger partial charge in [-0.05, 0) is 46.5 Å². The molecule has 1 aromatic rings. The quantitative estimate of drug-likeness (QED) is 0.840. The van der Waals surface area contributed by atoms with Gasteiger partial charge in [0.1, 0.15) is 0 Å². The van der Waals surface area contributed by atoms with Gasteiger partial charge in [-0.2, -0.15) is 0 Å². The number of carbonyl (C=O) groups excluding carboxylic acids is 2. The van der Waals surface area contributed by atoms with Gasteiger partial charge < -0.3 is 9.80 Å². The number of aryl methyl sites for hydroxylation is 2. The Balaban J connectivity index is 1.58. The highest BCUT2D eigenvalue weighted by Gasteiger charge is 2.37. The molecule has 6 heteroatoms. The minimum atomic E-state index is -0.00595. The van der Waals surface area contributed by atoms with E-state index in [1.165, 1.54) is 4.88 Å². The van der Waals surface area contributed by atoms with Crippen LogP contribution >= 0.6 is 11.3 Å². The number of hydrogen-bond donors (Lipinski definition) is 0. The average Bonchev–Trinajstić information content (AvgIpc) is 3.37. The SMILES string of the molecule is Cc1nc([C@H](C)N(C)C(=O)C2CCN(C(=O)C3CC3)CC2)c(C)s1. The summed E-state index contributed by atoms with van der Waals surface area (Å²) in [5.41, 5.74) is 1.01. The molecule has 0 radical (unpaired) electrons. The summed E-state index contributed by atoms with van der Waals surface area (Å²) in [5.74, 6) is 0.791. The number of amides is 2. The Hall–Kier alpha value is -1.43. The van der Waals surface area contributed by atoms with Crippen molar-refractivity contribution in [1.29, 1.82) is 0 Å². The van der Waals surface area contributed by atoms with E-state index in [2.05, 4.69) is 11.9 Å². The Morgan fingerprint density at radius 1 is 1.17 bits per heavy atom. The molecule has 0 N–H and O–H groups in total. The van der Waals surface area contributed by atoms with Crippen LogP contribution in [0.2, 0.25) is 0 Å². The molecule has 5 nitrogen and oxygen atoms in total. The van der Waals surface area contributed by atoms with Crippen LogP contribution in [0.4, 0.5) is 0 Å². The molecule has 0 unspecified atom stereocenters. The molecule has 0 spiro atoms. The molecule has 2 aliphatic rings. The van der Waals surface area contributed by atoms with E-state index in [9.17, 15) is 9.59 Å². The summed E-state index contributed by atoms with van der Waals surface area (Å²) in [4.78, 5) is 34.6. The fourth-order valence-corrected chi connectivity index (χ4v) is 4.44. The first-order valence-electron chi connectivity index (χ1n) is 8.88. The van der Waals surface area contributed by atoms with Crippen molar-refractivity contribution in [3.63, 3.8) is 0 Å². The lowest BCUT2D eigenvalue weighted by Crippen LogP contribution is -2.44. The van der Waals surface area contributed by atoms with Crippen LogP contribution in [-0.4, -0.2) is 46.7 Å². The second kappa shape index (κ2) is 6.82. The first-order valence-corrected chi connectivity index (χ1v) is 9.69. The summed E-state index contributed by atoms with van der Waals surface area (Å²) in [6, 6.07) is -0.00595. The summed E-state index contributed by atoms with van der Waals surface area (Å²) in [6.07, 6.45) is 3.65. The molecule has 0 bridgehead atoms. The molecule has 1 aromatic heterocycles. The Morgan fingerprint density at radius 2 is 1.79 bits per heavy atom. The minimum Gasteiger partial charge on any atom is -0.342 e. The van der Waals surface area contributed by atoms with Crippen LogP contribution in [0.5, 0.6) is 0 Å². The molecule has 2 heterocycles. The van der Waals surface area contributed by atoms with Gasteiger partial charge in [0, 0.05) is 36.9 Å². The monoisotopic (exact) mass is 349 g/mol. The summed E-state index contributed by atoms with van der Waals surface area (Å²) in [6.45, 7) is 7.57. The highest BCUT2D eigenvalue weighted by atomic mass is 32.1. The lowest BCUT2D eigenvalue weighted by molar-refractivity contribution is -0.141. The summed E-state index contributed by atoms with van der Waals surface area (Å²) < 4.78 is 0. The van der Waals surface area contributed by atoms with E-state index >= 15 is 0 Å². The van der Waals surface area contributed by atoms with E-state index in [0.29, 0.717) is 5.91 Å². The topological polar surface area (TPSA) is 53.5 Å². The Kier molecular flexibility index (Phi) is 4.95. The molecule has 1 aliphatic carbocycles. The first kappa shape index (κ1) is 17.4. The fourth-order valence-electron chi connectivity index (χ4n) is 3.53. The van der Waals surface area contributed by atoms with E-state index < -0.39 is 0 Å². The van der Waals surface area contributed by atoms with Crippen LogP contribution in [0.25, 0.3) is 0 Å². The van der Waals surface area contributed by atoms with Crippen molar-refractivity contribution in [1.82, 2.24) is 14.8 Å². The Labute approximate surface area is 148 Å². The molecule has 0 aromatic carbocycles. The molecule has 1 saturated heterocycles. The predicted octanol–water partition coefficient (Wildman–Crippen LogP) is 2.93. The normalized spacial score (nSPS) is 20.1. The van der Waals surface area contributed by atoms with Gasteiger partial charge in [-0.3, -0.25) is 9.59 Å². The lowest BCUT2D eigenvalue weighted by Gasteiger charge is -2.35. The summed E-state index contributed by atoms with van der Waals surface area (Å²) in [7, 11) is 1.88. The van der Waals surface area contributed by atoms with Gasteiger partial charge in [0.15, 0.2) is 0 Å². The molecular weight excluding hydrogens is 322 g/mol. The van der Waals surface area contributed by atoms with Crippen molar-refractivity contribution >= 4 is 23.2 Å². The highest BCUT2D eigenvalue weighted by Crippen LogP contribution is 2.33. The number of piperidine rings is 1. The van der Waals surface area contributed by atoms with Crippen LogP contribution in [0.1, 0.15) is 54.2 Å². The van der Waals surface area contributed by atoms with E-state index in [-0.39, 0.29) is 23.8 Å². The maximum atomic E-state index is 12.9. The second-order valence-electron chi connectivity index (χ2n) is 7.17. The third kappa shape index (κ3) is 3.48. The van der Waals surface area contributed by atoms with Crippen molar-refractivity contribution in [2.45, 2.75) is 52.5 Å². The molecule has 1 atom stereocenters. The third-order valence-corrected chi connectivity index (χ3v) is 6.25. The maximum absolute atomic E-state index is 12.9. The highest BCUT2D eigenvalue weighted by molar-refractivity contribution is 7.11. The Morgan fingerprint density at radius 3 is 2.29 bits per heavy atom. The van der Waals surface area contributed by atoms with Gasteiger partial charge in [0.2, 0.25) is 11.8 Å². The molecular formula is C18H27N3O2S. The molecule has 1 aliphatic heterocycles. The fraction of sp³-hybridized carbons (Fsp3) is 0.722. The van der Waals surface area contributed by atoms with Crippen LogP contribution in [0.15, 0.2) is 0 Å². The largest absolute Gasteiger partial charge is 0.342 e. The number of likely N-dealkylation sites (tertiary alicyclic amines) is 1. The van der Waals surface area contributed by atoms with Crippen LogP contribution in [0, 0.1) is 25.7 Å². The van der Waals surface area contributed by atoms with E-state index in [0.717, 1.165) is 49.5 Å². The first-order chi connectivity index (χ1) is 11.4. The molecule has 3 rings (SSSR count). The number of thiazole rings is 1. The van der Waals surface area contributed by atoms with Crippen LogP contribution in [-0.2, 0) is 9.59 Å². The van der Waals surface area contributed by atoms with Crippen LogP contribution in [0.3, 0.4) is 0 Å². The molecule has 1 saturated carbocycles. The van der Waals surface area contributed by atoms with Crippen molar-refractivity contribution in [2.24, 2.45) is 11.8 Å². The zero-order chi connectivity index (χ0) is 17.4. The van der Waals surface area contributed by atoms with Crippen molar-refractivity contribution < 1.29 is 9.59 Å². The number of rotatable bonds is 4. The average molecular weight is 350 g/mol. The molecule has 24 heavy (non-hydrogen) atoms. The summed E-state index contributed by atoms with van der Waals surface area (Å²) in [5, 5.41) is 1.04. The predicted molar refractivity (Wildman–Crippen MR) is 94.8 cm³/mol. The van der Waals surface area contributed by atoms with Crippen molar-refractivity contribution in [2.75, 3.05) is 20.1 Å². The van der Waals surface area contributed by atoms with Crippen LogP contribution < -0.4 is 0 Å². The van der Waals surface area contributed by atoms with Crippen molar-refractivity contribution in [3.05, 3.63) is 15.6 Å². The van der Waals surface area contributed by atoms with E-state index in [1.807, 2.05) is 30.7 Å². The number of nitrogens with zero attached hydrogens (tertiary/aromatic N) is 3. The van der Waals surface area contributed by atoms with E-state index in [4.69, 9.17) is 0 Å². The second-order valence-corrected chi connectivity index (χ2v) is 8.58. The van der Waals surface area contributed by atoms with Gasteiger partial charge in [-0.25, -0.2) is 4.98 Å². The molecule has 2 amide bonds. The maximum Gasteiger partial charge on any atom is 0.226 e.